The van der Waals surface area contributed by atoms with Gasteiger partial charge in [0.05, 0.1) is 24.7 Å². The number of rotatable bonds is 7. The van der Waals surface area contributed by atoms with Gasteiger partial charge in [-0.15, -0.1) is 0 Å². The molecule has 1 aliphatic carbocycles. The van der Waals surface area contributed by atoms with E-state index >= 15 is 0 Å². The van der Waals surface area contributed by atoms with E-state index in [1.807, 2.05) is 13.1 Å². The maximum absolute atomic E-state index is 9.11. The number of aliphatic hydroxyl groups is 1. The van der Waals surface area contributed by atoms with Crippen LogP contribution >= 0.6 is 0 Å². The fraction of sp³-hybridized carbons (Fsp3) is 0.692. The number of nitrogens with one attached hydrogen (secondary N) is 1. The first-order chi connectivity index (χ1) is 8.83. The van der Waals surface area contributed by atoms with Crippen molar-refractivity contribution in [2.75, 3.05) is 25.0 Å². The van der Waals surface area contributed by atoms with Crippen LogP contribution in [0.15, 0.2) is 12.4 Å². The molecule has 0 bridgehead atoms. The highest BCUT2D eigenvalue weighted by Crippen LogP contribution is 2.25. The third kappa shape index (κ3) is 3.40. The SMILES string of the molecule is CCNc1cnc(CN(CCO)C2CCC2)cn1. The quantitative estimate of drug-likeness (QED) is 0.763. The first-order valence-electron chi connectivity index (χ1n) is 6.73. The summed E-state index contributed by atoms with van der Waals surface area (Å²) in [4.78, 5) is 11.0. The van der Waals surface area contributed by atoms with Gasteiger partial charge in [0, 0.05) is 25.7 Å². The largest absolute Gasteiger partial charge is 0.395 e. The molecule has 2 N–H and O–H groups in total. The fourth-order valence-corrected chi connectivity index (χ4v) is 2.19. The summed E-state index contributed by atoms with van der Waals surface area (Å²) in [5, 5.41) is 12.2. The molecule has 0 atom stereocenters. The monoisotopic (exact) mass is 250 g/mol. The molecule has 0 unspecified atom stereocenters. The molecule has 1 aromatic rings. The lowest BCUT2D eigenvalue weighted by atomic mass is 9.91. The lowest BCUT2D eigenvalue weighted by Gasteiger charge is -2.36. The summed E-state index contributed by atoms with van der Waals surface area (Å²) < 4.78 is 0. The lowest BCUT2D eigenvalue weighted by molar-refractivity contribution is 0.0932. The van der Waals surface area contributed by atoms with Crippen molar-refractivity contribution in [3.8, 4) is 0 Å². The molecule has 2 rings (SSSR count). The van der Waals surface area contributed by atoms with Crippen LogP contribution in [0.3, 0.4) is 0 Å². The van der Waals surface area contributed by atoms with Crippen molar-refractivity contribution in [1.82, 2.24) is 14.9 Å². The average molecular weight is 250 g/mol. The minimum Gasteiger partial charge on any atom is -0.395 e. The highest BCUT2D eigenvalue weighted by atomic mass is 16.3. The van der Waals surface area contributed by atoms with Crippen LogP contribution in [0.5, 0.6) is 0 Å². The fourth-order valence-electron chi connectivity index (χ4n) is 2.19. The summed E-state index contributed by atoms with van der Waals surface area (Å²) in [5.74, 6) is 0.818. The van der Waals surface area contributed by atoms with Crippen molar-refractivity contribution in [1.29, 1.82) is 0 Å². The van der Waals surface area contributed by atoms with Crippen LogP contribution in [0, 0.1) is 0 Å². The molecule has 1 fully saturated rings. The van der Waals surface area contributed by atoms with Crippen LogP contribution in [0.25, 0.3) is 0 Å². The van der Waals surface area contributed by atoms with Gasteiger partial charge in [0.25, 0.3) is 0 Å². The van der Waals surface area contributed by atoms with Crippen LogP contribution in [0.4, 0.5) is 5.82 Å². The molecule has 0 aliphatic heterocycles. The van der Waals surface area contributed by atoms with Gasteiger partial charge in [-0.1, -0.05) is 6.42 Å². The molecule has 5 heteroatoms. The molecule has 1 aliphatic rings. The van der Waals surface area contributed by atoms with Gasteiger partial charge >= 0.3 is 0 Å². The standard InChI is InChI=1S/C13H22N4O/c1-2-14-13-9-15-11(8-16-13)10-17(6-7-18)12-4-3-5-12/h8-9,12,18H,2-7,10H2,1H3,(H,14,16). The second kappa shape index (κ2) is 6.66. The number of aliphatic hydroxyl groups excluding tert-OH is 1. The van der Waals surface area contributed by atoms with E-state index in [4.69, 9.17) is 5.11 Å². The Hall–Kier alpha value is -1.20. The molecule has 1 aromatic heterocycles. The van der Waals surface area contributed by atoms with Crippen LogP contribution in [-0.2, 0) is 6.54 Å². The summed E-state index contributed by atoms with van der Waals surface area (Å²) in [6.07, 6.45) is 7.38. The number of nitrogens with zero attached hydrogens (tertiary/aromatic N) is 3. The van der Waals surface area contributed by atoms with Crippen molar-refractivity contribution >= 4 is 5.82 Å². The van der Waals surface area contributed by atoms with Crippen LogP contribution in [-0.4, -0.2) is 45.7 Å². The molecular formula is C13H22N4O. The van der Waals surface area contributed by atoms with Gasteiger partial charge in [-0.2, -0.15) is 0 Å². The number of anilines is 1. The Labute approximate surface area is 108 Å². The van der Waals surface area contributed by atoms with Gasteiger partial charge in [0.2, 0.25) is 0 Å². The van der Waals surface area contributed by atoms with Gasteiger partial charge in [0.1, 0.15) is 5.82 Å². The summed E-state index contributed by atoms with van der Waals surface area (Å²) in [6.45, 7) is 4.60. The molecule has 1 heterocycles. The molecule has 0 aromatic carbocycles. The topological polar surface area (TPSA) is 61.3 Å². The minimum atomic E-state index is 0.208. The number of hydrogen-bond acceptors (Lipinski definition) is 5. The average Bonchev–Trinajstić information content (AvgIpc) is 2.30. The van der Waals surface area contributed by atoms with E-state index in [9.17, 15) is 0 Å². The van der Waals surface area contributed by atoms with E-state index in [1.165, 1.54) is 19.3 Å². The molecule has 0 spiro atoms. The maximum atomic E-state index is 9.11. The predicted octanol–water partition coefficient (Wildman–Crippen LogP) is 1.26. The smallest absolute Gasteiger partial charge is 0.144 e. The second-order valence-corrected chi connectivity index (χ2v) is 4.70. The summed E-state index contributed by atoms with van der Waals surface area (Å²) in [6, 6.07) is 0.618. The predicted molar refractivity (Wildman–Crippen MR) is 71.3 cm³/mol. The highest BCUT2D eigenvalue weighted by molar-refractivity contribution is 5.30. The molecule has 18 heavy (non-hydrogen) atoms. The van der Waals surface area contributed by atoms with E-state index in [0.717, 1.165) is 31.1 Å². The van der Waals surface area contributed by atoms with Crippen LogP contribution in [0.2, 0.25) is 0 Å². The van der Waals surface area contributed by atoms with E-state index < -0.39 is 0 Å². The Balaban J connectivity index is 1.92. The van der Waals surface area contributed by atoms with Gasteiger partial charge in [-0.25, -0.2) is 4.98 Å². The summed E-state index contributed by atoms with van der Waals surface area (Å²) in [5.41, 5.74) is 0.969. The van der Waals surface area contributed by atoms with E-state index in [1.54, 1.807) is 6.20 Å². The zero-order chi connectivity index (χ0) is 12.8. The Morgan fingerprint density at radius 2 is 2.22 bits per heavy atom. The van der Waals surface area contributed by atoms with Crippen LogP contribution < -0.4 is 5.32 Å². The minimum absolute atomic E-state index is 0.208. The summed E-state index contributed by atoms with van der Waals surface area (Å²) in [7, 11) is 0. The molecule has 1 saturated carbocycles. The molecule has 100 valence electrons. The molecule has 0 radical (unpaired) electrons. The van der Waals surface area contributed by atoms with Gasteiger partial charge in [-0.3, -0.25) is 9.88 Å². The normalized spacial score (nSPS) is 15.7. The highest BCUT2D eigenvalue weighted by Gasteiger charge is 2.24. The molecular weight excluding hydrogens is 228 g/mol. The Morgan fingerprint density at radius 1 is 1.39 bits per heavy atom. The van der Waals surface area contributed by atoms with E-state index in [2.05, 4.69) is 20.2 Å². The van der Waals surface area contributed by atoms with Gasteiger partial charge in [0.15, 0.2) is 0 Å². The maximum Gasteiger partial charge on any atom is 0.144 e. The molecule has 0 amide bonds. The van der Waals surface area contributed by atoms with E-state index in [-0.39, 0.29) is 6.61 Å². The lowest BCUT2D eigenvalue weighted by Crippen LogP contribution is -2.41. The summed E-state index contributed by atoms with van der Waals surface area (Å²) >= 11 is 0. The Morgan fingerprint density at radius 3 is 2.72 bits per heavy atom. The second-order valence-electron chi connectivity index (χ2n) is 4.70. The first kappa shape index (κ1) is 13.2. The van der Waals surface area contributed by atoms with Crippen molar-refractivity contribution in [2.24, 2.45) is 0 Å². The van der Waals surface area contributed by atoms with Crippen molar-refractivity contribution < 1.29 is 5.11 Å². The number of hydrogen-bond donors (Lipinski definition) is 2. The van der Waals surface area contributed by atoms with Crippen molar-refractivity contribution in [3.05, 3.63) is 18.1 Å². The third-order valence-electron chi connectivity index (χ3n) is 3.41. The number of aromatic nitrogens is 2. The van der Waals surface area contributed by atoms with Crippen molar-refractivity contribution in [3.63, 3.8) is 0 Å². The van der Waals surface area contributed by atoms with Crippen molar-refractivity contribution in [2.45, 2.75) is 38.8 Å². The zero-order valence-electron chi connectivity index (χ0n) is 11.0. The molecule has 5 nitrogen and oxygen atoms in total. The van der Waals surface area contributed by atoms with E-state index in [0.29, 0.717) is 6.04 Å². The van der Waals surface area contributed by atoms with Gasteiger partial charge < -0.3 is 10.4 Å². The Bertz CT molecular complexity index is 351. The Kier molecular flexibility index (Phi) is 4.90. The van der Waals surface area contributed by atoms with Gasteiger partial charge in [-0.05, 0) is 19.8 Å². The third-order valence-corrected chi connectivity index (χ3v) is 3.41. The van der Waals surface area contributed by atoms with Crippen LogP contribution in [0.1, 0.15) is 31.9 Å². The zero-order valence-corrected chi connectivity index (χ0v) is 11.0. The molecule has 0 saturated heterocycles. The first-order valence-corrected chi connectivity index (χ1v) is 6.73.